The van der Waals surface area contributed by atoms with Gasteiger partial charge in [0.15, 0.2) is 5.78 Å². The van der Waals surface area contributed by atoms with Gasteiger partial charge in [0.1, 0.15) is 23.6 Å². The number of hydrogen-bond acceptors (Lipinski definition) is 4. The van der Waals surface area contributed by atoms with Gasteiger partial charge in [0.25, 0.3) is 12.3 Å². The standard InChI is InChI=1S/C27H26ClF8NO4/c1-25(2,27(34,35)36)22(39)8-5-15-3-6-19(28)17(11-15)20(38)13-16-4-7-21(41-14-23(29)30)18(12-16)24(40)37-10-9-26(31,32)33/h3-4,6-7,11-12,23H,5,8-10,13-14H2,1-2H3,(H,37,40). The second-order valence-electron chi connectivity index (χ2n) is 9.61. The number of ketones is 2. The maximum absolute atomic E-state index is 13.1. The molecule has 0 saturated heterocycles. The van der Waals surface area contributed by atoms with E-state index in [9.17, 15) is 49.5 Å². The van der Waals surface area contributed by atoms with E-state index in [2.05, 4.69) is 0 Å². The number of Topliss-reactive ketones (excluding diaryl/α,β-unsaturated/α-hetero) is 2. The minimum absolute atomic E-state index is 0.00250. The number of aryl methyl sites for hydroxylation is 1. The van der Waals surface area contributed by atoms with E-state index in [1.54, 1.807) is 0 Å². The molecule has 0 aromatic heterocycles. The summed E-state index contributed by atoms with van der Waals surface area (Å²) in [6.07, 6.45) is -14.5. The van der Waals surface area contributed by atoms with Crippen molar-refractivity contribution >= 4 is 29.1 Å². The Hall–Kier alpha value is -3.22. The molecule has 0 unspecified atom stereocenters. The number of rotatable bonds is 13. The molecule has 0 bridgehead atoms. The third-order valence-electron chi connectivity index (χ3n) is 6.09. The van der Waals surface area contributed by atoms with E-state index >= 15 is 0 Å². The average Bonchev–Trinajstić information content (AvgIpc) is 2.85. The zero-order valence-electron chi connectivity index (χ0n) is 21.8. The molecule has 0 aliphatic rings. The van der Waals surface area contributed by atoms with Gasteiger partial charge in [-0.05, 0) is 55.7 Å². The maximum atomic E-state index is 13.1. The minimum atomic E-state index is -4.74. The molecule has 0 atom stereocenters. The molecule has 41 heavy (non-hydrogen) atoms. The molecule has 2 aromatic carbocycles. The number of nitrogens with one attached hydrogen (secondary N) is 1. The van der Waals surface area contributed by atoms with Crippen LogP contribution in [0.4, 0.5) is 35.1 Å². The Morgan fingerprint density at radius 2 is 1.54 bits per heavy atom. The number of alkyl halides is 8. The Kier molecular flexibility index (Phi) is 11.3. The second-order valence-corrected chi connectivity index (χ2v) is 10.0. The molecule has 0 heterocycles. The molecule has 0 spiro atoms. The van der Waals surface area contributed by atoms with Crippen LogP contribution in [0.2, 0.25) is 5.02 Å². The summed E-state index contributed by atoms with van der Waals surface area (Å²) in [5.41, 5.74) is -2.42. The van der Waals surface area contributed by atoms with E-state index in [1.165, 1.54) is 24.3 Å². The zero-order valence-corrected chi connectivity index (χ0v) is 22.6. The summed E-state index contributed by atoms with van der Waals surface area (Å²) < 4.78 is 107. The van der Waals surface area contributed by atoms with Crippen molar-refractivity contribution in [1.29, 1.82) is 0 Å². The predicted octanol–water partition coefficient (Wildman–Crippen LogP) is 7.18. The number of halogens is 9. The van der Waals surface area contributed by atoms with Gasteiger partial charge < -0.3 is 10.1 Å². The first kappa shape index (κ1) is 34.0. The molecular formula is C27H26ClF8NO4. The van der Waals surface area contributed by atoms with Gasteiger partial charge in [-0.1, -0.05) is 23.7 Å². The van der Waals surface area contributed by atoms with Crippen molar-refractivity contribution < 1.29 is 54.2 Å². The lowest BCUT2D eigenvalue weighted by molar-refractivity contribution is -0.210. The summed E-state index contributed by atoms with van der Waals surface area (Å²) in [7, 11) is 0. The third kappa shape index (κ3) is 9.98. The van der Waals surface area contributed by atoms with Crippen LogP contribution in [-0.4, -0.2) is 49.4 Å². The van der Waals surface area contributed by atoms with Crippen LogP contribution < -0.4 is 10.1 Å². The summed E-state index contributed by atoms with van der Waals surface area (Å²) in [5, 5.41) is 2.03. The van der Waals surface area contributed by atoms with E-state index in [1.807, 2.05) is 5.32 Å². The van der Waals surface area contributed by atoms with Crippen LogP contribution in [0, 0.1) is 5.41 Å². The van der Waals surface area contributed by atoms with Crippen molar-refractivity contribution in [3.05, 3.63) is 63.7 Å². The van der Waals surface area contributed by atoms with Crippen LogP contribution in [0.5, 0.6) is 5.75 Å². The number of hydrogen-bond donors (Lipinski definition) is 1. The van der Waals surface area contributed by atoms with Gasteiger partial charge in [0, 0.05) is 24.9 Å². The van der Waals surface area contributed by atoms with Gasteiger partial charge in [-0.15, -0.1) is 0 Å². The zero-order chi connectivity index (χ0) is 31.2. The van der Waals surface area contributed by atoms with Crippen LogP contribution in [0.25, 0.3) is 0 Å². The average molecular weight is 616 g/mol. The largest absolute Gasteiger partial charge is 0.487 e. The molecule has 0 fully saturated rings. The Morgan fingerprint density at radius 1 is 0.927 bits per heavy atom. The van der Waals surface area contributed by atoms with Crippen molar-refractivity contribution in [2.45, 2.75) is 58.3 Å². The number of ether oxygens (including phenoxy) is 1. The van der Waals surface area contributed by atoms with Crippen molar-refractivity contribution in [2.24, 2.45) is 5.41 Å². The highest BCUT2D eigenvalue weighted by atomic mass is 35.5. The Bertz CT molecular complexity index is 1260. The highest BCUT2D eigenvalue weighted by molar-refractivity contribution is 6.34. The molecule has 1 amide bonds. The topological polar surface area (TPSA) is 72.5 Å². The van der Waals surface area contributed by atoms with E-state index in [0.717, 1.165) is 26.0 Å². The minimum Gasteiger partial charge on any atom is -0.487 e. The molecule has 226 valence electrons. The van der Waals surface area contributed by atoms with E-state index in [0.29, 0.717) is 5.56 Å². The summed E-state index contributed by atoms with van der Waals surface area (Å²) in [4.78, 5) is 37.7. The number of amides is 1. The van der Waals surface area contributed by atoms with Gasteiger partial charge in [0.2, 0.25) is 0 Å². The highest BCUT2D eigenvalue weighted by Gasteiger charge is 2.51. The molecule has 14 heteroatoms. The lowest BCUT2D eigenvalue weighted by atomic mass is 9.84. The van der Waals surface area contributed by atoms with Gasteiger partial charge >= 0.3 is 12.4 Å². The number of benzene rings is 2. The Morgan fingerprint density at radius 3 is 2.12 bits per heavy atom. The summed E-state index contributed by atoms with van der Waals surface area (Å²) in [6, 6.07) is 7.63. The van der Waals surface area contributed by atoms with Crippen molar-refractivity contribution in [1.82, 2.24) is 5.32 Å². The fraction of sp³-hybridized carbons (Fsp3) is 0.444. The van der Waals surface area contributed by atoms with E-state index in [-0.39, 0.29) is 40.3 Å². The fourth-order valence-corrected chi connectivity index (χ4v) is 3.73. The van der Waals surface area contributed by atoms with E-state index in [4.69, 9.17) is 16.3 Å². The van der Waals surface area contributed by atoms with Crippen LogP contribution in [-0.2, 0) is 17.6 Å². The third-order valence-corrected chi connectivity index (χ3v) is 6.42. The molecule has 0 aliphatic carbocycles. The Balaban J connectivity index is 2.23. The first-order valence-electron chi connectivity index (χ1n) is 12.1. The smallest absolute Gasteiger partial charge is 0.400 e. The van der Waals surface area contributed by atoms with Crippen molar-refractivity contribution in [3.8, 4) is 5.75 Å². The van der Waals surface area contributed by atoms with Gasteiger partial charge in [-0.2, -0.15) is 26.3 Å². The highest BCUT2D eigenvalue weighted by Crippen LogP contribution is 2.39. The van der Waals surface area contributed by atoms with Crippen LogP contribution in [0.3, 0.4) is 0 Å². The molecule has 0 radical (unpaired) electrons. The SMILES string of the molecule is CC(C)(C(=O)CCc1ccc(Cl)c(C(=O)Cc2ccc(OCC(F)F)c(C(=O)NCCC(F)(F)F)c2)c1)C(F)(F)F. The fourth-order valence-electron chi connectivity index (χ4n) is 3.51. The quantitative estimate of drug-likeness (QED) is 0.191. The van der Waals surface area contributed by atoms with Crippen LogP contribution in [0.1, 0.15) is 58.5 Å². The van der Waals surface area contributed by atoms with Gasteiger partial charge in [-0.3, -0.25) is 14.4 Å². The van der Waals surface area contributed by atoms with E-state index < -0.39 is 67.7 Å². The molecule has 0 aliphatic heterocycles. The van der Waals surface area contributed by atoms with Crippen LogP contribution in [0.15, 0.2) is 36.4 Å². The second kappa shape index (κ2) is 13.6. The van der Waals surface area contributed by atoms with Gasteiger partial charge in [-0.25, -0.2) is 8.78 Å². The van der Waals surface area contributed by atoms with Gasteiger partial charge in [0.05, 0.1) is 17.0 Å². The molecule has 2 aromatic rings. The molecule has 5 nitrogen and oxygen atoms in total. The predicted molar refractivity (Wildman–Crippen MR) is 134 cm³/mol. The Labute approximate surface area is 235 Å². The summed E-state index contributed by atoms with van der Waals surface area (Å²) in [5.74, 6) is -3.01. The molecule has 2 rings (SSSR count). The van der Waals surface area contributed by atoms with Crippen molar-refractivity contribution in [3.63, 3.8) is 0 Å². The lowest BCUT2D eigenvalue weighted by Crippen LogP contribution is -2.39. The monoisotopic (exact) mass is 615 g/mol. The first-order valence-corrected chi connectivity index (χ1v) is 12.5. The molecular weight excluding hydrogens is 590 g/mol. The lowest BCUT2D eigenvalue weighted by Gasteiger charge is -2.26. The number of carbonyl (C=O) groups excluding carboxylic acids is 3. The molecule has 0 saturated carbocycles. The normalized spacial score (nSPS) is 12.4. The molecule has 1 N–H and O–H groups in total. The maximum Gasteiger partial charge on any atom is 0.400 e. The summed E-state index contributed by atoms with van der Waals surface area (Å²) >= 11 is 6.14. The van der Waals surface area contributed by atoms with Crippen molar-refractivity contribution in [2.75, 3.05) is 13.2 Å². The first-order chi connectivity index (χ1) is 18.8. The number of carbonyl (C=O) groups is 3. The van der Waals surface area contributed by atoms with Crippen LogP contribution >= 0.6 is 11.6 Å². The summed E-state index contributed by atoms with van der Waals surface area (Å²) in [6.45, 7) is -0.321.